The largest absolute Gasteiger partial charge is 4.00 e. The van der Waals surface area contributed by atoms with Crippen LogP contribution in [0.5, 0.6) is 0 Å². The number of allylic oxidation sites excluding steroid dienone is 8. The van der Waals surface area contributed by atoms with Crippen molar-refractivity contribution in [2.75, 3.05) is 0 Å². The second kappa shape index (κ2) is 8.69. The maximum atomic E-state index is 2.58. The summed E-state index contributed by atoms with van der Waals surface area (Å²) in [5.74, 6) is 5.54. The zero-order valence-corrected chi connectivity index (χ0v) is 19.2. The first kappa shape index (κ1) is 22.9. The first-order valence-corrected chi connectivity index (χ1v) is 9.29. The van der Waals surface area contributed by atoms with Gasteiger partial charge in [-0.15, -0.1) is 0 Å². The topological polar surface area (TPSA) is 0 Å². The third-order valence-electron chi connectivity index (χ3n) is 7.32. The van der Waals surface area contributed by atoms with E-state index in [1.807, 2.05) is 0 Å². The molecule has 0 nitrogen and oxygen atoms in total. The molecule has 0 radical (unpaired) electrons. The van der Waals surface area contributed by atoms with Crippen LogP contribution in [0.15, 0.2) is 48.6 Å². The van der Waals surface area contributed by atoms with E-state index in [-0.39, 0.29) is 41.1 Å². The summed E-state index contributed by atoms with van der Waals surface area (Å²) < 4.78 is 0. The molecule has 134 valence electrons. The third-order valence-corrected chi connectivity index (χ3v) is 7.32. The molecular formula is C24H36Zr+2. The minimum Gasteiger partial charge on any atom is -0.358 e. The van der Waals surface area contributed by atoms with Crippen LogP contribution >= 0.6 is 0 Å². The van der Waals surface area contributed by atoms with E-state index in [1.54, 1.807) is 0 Å². The predicted molar refractivity (Wildman–Crippen MR) is 107 cm³/mol. The number of hydrogen-bond donors (Lipinski definition) is 0. The molecule has 4 aliphatic carbocycles. The molecule has 0 spiro atoms. The van der Waals surface area contributed by atoms with Crippen molar-refractivity contribution < 1.29 is 26.2 Å². The van der Waals surface area contributed by atoms with E-state index in [9.17, 15) is 0 Å². The fourth-order valence-electron chi connectivity index (χ4n) is 6.17. The molecule has 4 aliphatic rings. The van der Waals surface area contributed by atoms with Crippen molar-refractivity contribution in [2.45, 2.75) is 40.0 Å². The van der Waals surface area contributed by atoms with E-state index < -0.39 is 0 Å². The van der Waals surface area contributed by atoms with E-state index in [1.165, 1.54) is 19.3 Å². The van der Waals surface area contributed by atoms with Gasteiger partial charge >= 0.3 is 26.2 Å². The van der Waals surface area contributed by atoms with Crippen LogP contribution in [0.4, 0.5) is 0 Å². The van der Waals surface area contributed by atoms with E-state index >= 15 is 0 Å². The van der Waals surface area contributed by atoms with Gasteiger partial charge in [-0.2, -0.15) is 0 Å². The Morgan fingerprint density at radius 2 is 1.16 bits per heavy atom. The third kappa shape index (κ3) is 3.78. The summed E-state index contributed by atoms with van der Waals surface area (Å²) in [6, 6.07) is 0. The number of hydrogen-bond acceptors (Lipinski definition) is 0. The maximum Gasteiger partial charge on any atom is 4.00 e. The smallest absolute Gasteiger partial charge is 0.358 e. The Morgan fingerprint density at radius 3 is 1.56 bits per heavy atom. The Bertz CT molecular complexity index is 516. The molecular weight excluding hydrogens is 379 g/mol. The predicted octanol–water partition coefficient (Wildman–Crippen LogP) is 6.69. The van der Waals surface area contributed by atoms with Crippen LogP contribution < -0.4 is 0 Å². The molecule has 0 aromatic rings. The summed E-state index contributed by atoms with van der Waals surface area (Å²) >= 11 is 0. The molecule has 0 N–H and O–H groups in total. The van der Waals surface area contributed by atoms with Crippen LogP contribution in [-0.4, -0.2) is 0 Å². The van der Waals surface area contributed by atoms with Crippen molar-refractivity contribution in [1.82, 2.24) is 0 Å². The summed E-state index contributed by atoms with van der Waals surface area (Å²) in [7, 11) is 0. The molecule has 0 heterocycles. The fraction of sp³-hybridized carbons (Fsp3) is 0.583. The van der Waals surface area contributed by atoms with Crippen LogP contribution in [0.2, 0.25) is 0 Å². The second-order valence-electron chi connectivity index (χ2n) is 8.81. The zero-order chi connectivity index (χ0) is 15.3. The molecule has 0 aromatic carbocycles. The van der Waals surface area contributed by atoms with Crippen LogP contribution in [0, 0.1) is 61.7 Å². The van der Waals surface area contributed by atoms with Gasteiger partial charge in [0, 0.05) is 0 Å². The molecule has 6 unspecified atom stereocenters. The SMILES string of the molecule is CC1CCC(C(C)(C)C2C3C=CC=CC3C3C=CC=CC32)C1.[CH3-].[CH3-].[Zr+4]. The van der Waals surface area contributed by atoms with Crippen molar-refractivity contribution in [1.29, 1.82) is 0 Å². The minimum atomic E-state index is 0. The molecule has 1 heteroatoms. The van der Waals surface area contributed by atoms with Crippen molar-refractivity contribution in [3.8, 4) is 0 Å². The van der Waals surface area contributed by atoms with E-state index in [0.717, 1.165) is 41.4 Å². The monoisotopic (exact) mass is 414 g/mol. The van der Waals surface area contributed by atoms with Gasteiger partial charge in [0.25, 0.3) is 0 Å². The molecule has 0 aliphatic heterocycles. The minimum absolute atomic E-state index is 0. The number of fused-ring (bicyclic) bond motifs is 3. The van der Waals surface area contributed by atoms with Gasteiger partial charge < -0.3 is 14.9 Å². The Morgan fingerprint density at radius 1 is 0.720 bits per heavy atom. The normalized spacial score (nSPS) is 40.5. The van der Waals surface area contributed by atoms with E-state index in [0.29, 0.717) is 5.41 Å². The van der Waals surface area contributed by atoms with Crippen LogP contribution in [0.1, 0.15) is 40.0 Å². The summed E-state index contributed by atoms with van der Waals surface area (Å²) in [5.41, 5.74) is 0.443. The second-order valence-corrected chi connectivity index (χ2v) is 8.81. The maximum absolute atomic E-state index is 2.58. The van der Waals surface area contributed by atoms with Gasteiger partial charge in [0.15, 0.2) is 0 Å². The summed E-state index contributed by atoms with van der Waals surface area (Å²) in [6.45, 7) is 7.61. The first-order chi connectivity index (χ1) is 10.6. The average Bonchev–Trinajstić information content (AvgIpc) is 3.09. The average molecular weight is 416 g/mol. The molecule has 2 saturated carbocycles. The molecule has 0 saturated heterocycles. The number of rotatable bonds is 2. The van der Waals surface area contributed by atoms with Crippen LogP contribution in [0.3, 0.4) is 0 Å². The van der Waals surface area contributed by atoms with Gasteiger partial charge in [0.1, 0.15) is 0 Å². The molecule has 0 aromatic heterocycles. The van der Waals surface area contributed by atoms with Crippen molar-refractivity contribution in [3.63, 3.8) is 0 Å². The fourth-order valence-corrected chi connectivity index (χ4v) is 6.17. The van der Waals surface area contributed by atoms with Gasteiger partial charge in [-0.1, -0.05) is 75.8 Å². The van der Waals surface area contributed by atoms with Crippen molar-refractivity contribution >= 4 is 0 Å². The molecule has 4 rings (SSSR count). The quantitative estimate of drug-likeness (QED) is 0.440. The van der Waals surface area contributed by atoms with Crippen molar-refractivity contribution in [3.05, 3.63) is 63.5 Å². The van der Waals surface area contributed by atoms with Crippen LogP contribution in [0.25, 0.3) is 0 Å². The van der Waals surface area contributed by atoms with Gasteiger partial charge in [-0.25, -0.2) is 0 Å². The summed E-state index contributed by atoms with van der Waals surface area (Å²) in [6.07, 6.45) is 23.5. The Balaban J connectivity index is 0.00000104. The summed E-state index contributed by atoms with van der Waals surface area (Å²) in [5, 5.41) is 0. The molecule has 25 heavy (non-hydrogen) atoms. The molecule has 0 bridgehead atoms. The van der Waals surface area contributed by atoms with E-state index in [2.05, 4.69) is 69.4 Å². The van der Waals surface area contributed by atoms with E-state index in [4.69, 9.17) is 0 Å². The zero-order valence-electron chi connectivity index (χ0n) is 16.8. The first-order valence-electron chi connectivity index (χ1n) is 9.29. The van der Waals surface area contributed by atoms with Gasteiger partial charge in [0.05, 0.1) is 0 Å². The Labute approximate surface area is 176 Å². The van der Waals surface area contributed by atoms with Crippen molar-refractivity contribution in [2.24, 2.45) is 46.8 Å². The Hall–Kier alpha value is -0.157. The standard InChI is InChI=1S/C22H30.2CH3.Zr/c1-15-12-13-16(14-15)22(2,3)21-19-10-6-4-8-17(19)18-9-5-7-11-20(18)21;;;/h4-11,15-21H,12-14H2,1-3H3;2*1H3;/q;2*-1;+4. The van der Waals surface area contributed by atoms with Gasteiger partial charge in [-0.05, 0) is 59.7 Å². The molecule has 0 amide bonds. The van der Waals surface area contributed by atoms with Gasteiger partial charge in [-0.3, -0.25) is 0 Å². The Kier molecular flexibility index (Phi) is 7.95. The summed E-state index contributed by atoms with van der Waals surface area (Å²) in [4.78, 5) is 0. The molecule has 6 atom stereocenters. The van der Waals surface area contributed by atoms with Crippen LogP contribution in [-0.2, 0) is 26.2 Å². The molecule has 2 fully saturated rings. The van der Waals surface area contributed by atoms with Gasteiger partial charge in [0.2, 0.25) is 0 Å².